The predicted octanol–water partition coefficient (Wildman–Crippen LogP) is 2.80. The minimum absolute atomic E-state index is 0.118. The zero-order valence-electron chi connectivity index (χ0n) is 12.3. The van der Waals surface area contributed by atoms with E-state index in [1.807, 2.05) is 47.2 Å². The topological polar surface area (TPSA) is 75.4 Å². The molecule has 1 unspecified atom stereocenters. The molecule has 1 amide bonds. The van der Waals surface area contributed by atoms with Gasteiger partial charge in [-0.3, -0.25) is 4.79 Å². The van der Waals surface area contributed by atoms with Crippen LogP contribution in [0.15, 0.2) is 57.8 Å². The molecule has 6 heteroatoms. The van der Waals surface area contributed by atoms with Crippen molar-refractivity contribution in [1.29, 1.82) is 0 Å². The number of amides is 1. The van der Waals surface area contributed by atoms with Crippen LogP contribution in [0, 0.1) is 0 Å². The number of oxazole rings is 1. The molecule has 1 aromatic carbocycles. The van der Waals surface area contributed by atoms with E-state index in [1.54, 1.807) is 0 Å². The summed E-state index contributed by atoms with van der Waals surface area (Å²) in [5.74, 6) is 0.291. The van der Waals surface area contributed by atoms with E-state index in [-0.39, 0.29) is 18.9 Å². The molecule has 0 aliphatic heterocycles. The highest BCUT2D eigenvalue weighted by atomic mass is 32.1. The molecule has 2 aromatic heterocycles. The number of nitrogens with one attached hydrogen (secondary N) is 1. The lowest BCUT2D eigenvalue weighted by atomic mass is 10.2. The number of benzene rings is 1. The van der Waals surface area contributed by atoms with Gasteiger partial charge in [0.2, 0.25) is 11.8 Å². The third-order valence-corrected chi connectivity index (χ3v) is 4.04. The first-order valence-corrected chi connectivity index (χ1v) is 8.13. The monoisotopic (exact) mass is 328 g/mol. The van der Waals surface area contributed by atoms with Crippen LogP contribution in [0.2, 0.25) is 0 Å². The third-order valence-electron chi connectivity index (χ3n) is 3.33. The van der Waals surface area contributed by atoms with Crippen molar-refractivity contribution >= 4 is 17.2 Å². The average Bonchev–Trinajstić information content (AvgIpc) is 3.25. The lowest BCUT2D eigenvalue weighted by Gasteiger charge is -2.09. The van der Waals surface area contributed by atoms with Crippen molar-refractivity contribution in [3.05, 3.63) is 64.7 Å². The van der Waals surface area contributed by atoms with E-state index >= 15 is 0 Å². The number of aliphatic hydroxyl groups excluding tert-OH is 1. The lowest BCUT2D eigenvalue weighted by Crippen LogP contribution is -2.29. The van der Waals surface area contributed by atoms with Gasteiger partial charge in [0, 0.05) is 12.1 Å². The van der Waals surface area contributed by atoms with E-state index in [9.17, 15) is 9.90 Å². The summed E-state index contributed by atoms with van der Waals surface area (Å²) in [5.41, 5.74) is 2.24. The molecule has 3 aromatic rings. The minimum atomic E-state index is -0.692. The van der Waals surface area contributed by atoms with E-state index in [0.717, 1.165) is 11.1 Å². The van der Waals surface area contributed by atoms with Crippen LogP contribution < -0.4 is 5.32 Å². The summed E-state index contributed by atoms with van der Waals surface area (Å²) in [5, 5.41) is 16.4. The lowest BCUT2D eigenvalue weighted by molar-refractivity contribution is -0.120. The van der Waals surface area contributed by atoms with Crippen LogP contribution in [-0.4, -0.2) is 22.5 Å². The van der Waals surface area contributed by atoms with Crippen LogP contribution in [0.5, 0.6) is 0 Å². The second-order valence-electron chi connectivity index (χ2n) is 5.06. The quantitative estimate of drug-likeness (QED) is 0.729. The Hall–Kier alpha value is -2.44. The number of hydrogen-bond acceptors (Lipinski definition) is 5. The van der Waals surface area contributed by atoms with Gasteiger partial charge < -0.3 is 14.8 Å². The molecule has 0 aliphatic rings. The molecule has 0 spiro atoms. The van der Waals surface area contributed by atoms with E-state index in [4.69, 9.17) is 4.42 Å². The summed E-state index contributed by atoms with van der Waals surface area (Å²) in [6, 6.07) is 11.3. The first-order valence-electron chi connectivity index (χ1n) is 7.19. The second kappa shape index (κ2) is 7.21. The van der Waals surface area contributed by atoms with E-state index in [0.29, 0.717) is 11.6 Å². The summed E-state index contributed by atoms with van der Waals surface area (Å²) in [4.78, 5) is 16.2. The van der Waals surface area contributed by atoms with Gasteiger partial charge in [0.25, 0.3) is 0 Å². The zero-order chi connectivity index (χ0) is 16.1. The van der Waals surface area contributed by atoms with Gasteiger partial charge in [0.15, 0.2) is 0 Å². The van der Waals surface area contributed by atoms with Crippen molar-refractivity contribution in [3.63, 3.8) is 0 Å². The molecular weight excluding hydrogens is 312 g/mol. The Labute approximate surface area is 137 Å². The van der Waals surface area contributed by atoms with Crippen LogP contribution in [0.25, 0.3) is 11.5 Å². The first-order chi connectivity index (χ1) is 11.2. The van der Waals surface area contributed by atoms with Gasteiger partial charge in [0.05, 0.1) is 18.2 Å². The smallest absolute Gasteiger partial charge is 0.226 e. The number of thiophene rings is 1. The molecule has 2 N–H and O–H groups in total. The van der Waals surface area contributed by atoms with Crippen LogP contribution in [-0.2, 0) is 11.2 Å². The normalized spacial score (nSPS) is 12.0. The van der Waals surface area contributed by atoms with Crippen molar-refractivity contribution in [3.8, 4) is 11.5 Å². The van der Waals surface area contributed by atoms with Crippen molar-refractivity contribution < 1.29 is 14.3 Å². The summed E-state index contributed by atoms with van der Waals surface area (Å²) < 4.78 is 5.40. The molecule has 0 aliphatic carbocycles. The standard InChI is InChI=1S/C17H16N2O3S/c20-15(13-6-7-23-11-13)9-18-16(21)8-14-10-22-17(19-14)12-4-2-1-3-5-12/h1-7,10-11,15,20H,8-9H2,(H,18,21). The van der Waals surface area contributed by atoms with Gasteiger partial charge >= 0.3 is 0 Å². The van der Waals surface area contributed by atoms with Crippen LogP contribution in [0.1, 0.15) is 17.4 Å². The Morgan fingerprint density at radius 3 is 2.87 bits per heavy atom. The maximum absolute atomic E-state index is 11.9. The Morgan fingerprint density at radius 1 is 1.30 bits per heavy atom. The molecule has 5 nitrogen and oxygen atoms in total. The molecule has 0 fully saturated rings. The highest BCUT2D eigenvalue weighted by Crippen LogP contribution is 2.18. The molecule has 0 bridgehead atoms. The summed E-state index contributed by atoms with van der Waals surface area (Å²) in [6.07, 6.45) is 0.909. The molecule has 0 radical (unpaired) electrons. The van der Waals surface area contributed by atoms with Crippen LogP contribution in [0.3, 0.4) is 0 Å². The number of carbonyl (C=O) groups is 1. The molecule has 3 rings (SSSR count). The molecule has 0 saturated heterocycles. The maximum atomic E-state index is 11.9. The molecule has 0 saturated carbocycles. The fourth-order valence-corrected chi connectivity index (χ4v) is 2.83. The molecule has 2 heterocycles. The SMILES string of the molecule is O=C(Cc1coc(-c2ccccc2)n1)NCC(O)c1ccsc1. The van der Waals surface area contributed by atoms with E-state index < -0.39 is 6.10 Å². The average molecular weight is 328 g/mol. The molecule has 23 heavy (non-hydrogen) atoms. The summed E-state index contributed by atoms with van der Waals surface area (Å²) in [6.45, 7) is 0.180. The Bertz CT molecular complexity index is 753. The zero-order valence-corrected chi connectivity index (χ0v) is 13.1. The van der Waals surface area contributed by atoms with Crippen molar-refractivity contribution in [2.24, 2.45) is 0 Å². The van der Waals surface area contributed by atoms with Crippen LogP contribution >= 0.6 is 11.3 Å². The summed E-state index contributed by atoms with van der Waals surface area (Å²) >= 11 is 1.51. The van der Waals surface area contributed by atoms with Gasteiger partial charge in [-0.15, -0.1) is 0 Å². The Kier molecular flexibility index (Phi) is 4.85. The van der Waals surface area contributed by atoms with Crippen molar-refractivity contribution in [2.75, 3.05) is 6.54 Å². The van der Waals surface area contributed by atoms with Gasteiger partial charge in [-0.2, -0.15) is 11.3 Å². The van der Waals surface area contributed by atoms with Crippen LogP contribution in [0.4, 0.5) is 0 Å². The number of aromatic nitrogens is 1. The Balaban J connectivity index is 1.53. The number of carbonyl (C=O) groups excluding carboxylic acids is 1. The predicted molar refractivity (Wildman–Crippen MR) is 87.9 cm³/mol. The van der Waals surface area contributed by atoms with Gasteiger partial charge in [-0.25, -0.2) is 4.98 Å². The van der Waals surface area contributed by atoms with E-state index in [1.165, 1.54) is 17.6 Å². The molecular formula is C17H16N2O3S. The second-order valence-corrected chi connectivity index (χ2v) is 5.84. The maximum Gasteiger partial charge on any atom is 0.226 e. The van der Waals surface area contributed by atoms with Crippen molar-refractivity contribution in [2.45, 2.75) is 12.5 Å². The number of hydrogen-bond donors (Lipinski definition) is 2. The van der Waals surface area contributed by atoms with Gasteiger partial charge in [-0.1, -0.05) is 18.2 Å². The highest BCUT2D eigenvalue weighted by molar-refractivity contribution is 7.07. The first kappa shape index (κ1) is 15.5. The van der Waals surface area contributed by atoms with E-state index in [2.05, 4.69) is 10.3 Å². The third kappa shape index (κ3) is 4.06. The number of nitrogens with zero attached hydrogens (tertiary/aromatic N) is 1. The number of aliphatic hydroxyl groups is 1. The fraction of sp³-hybridized carbons (Fsp3) is 0.176. The number of rotatable bonds is 6. The molecule has 118 valence electrons. The molecule has 1 atom stereocenters. The fourth-order valence-electron chi connectivity index (χ4n) is 2.12. The summed E-state index contributed by atoms with van der Waals surface area (Å²) in [7, 11) is 0. The van der Waals surface area contributed by atoms with Crippen molar-refractivity contribution in [1.82, 2.24) is 10.3 Å². The Morgan fingerprint density at radius 2 is 2.13 bits per heavy atom. The largest absolute Gasteiger partial charge is 0.444 e. The van der Waals surface area contributed by atoms with Gasteiger partial charge in [-0.05, 0) is 34.5 Å². The van der Waals surface area contributed by atoms with Gasteiger partial charge in [0.1, 0.15) is 6.26 Å². The highest BCUT2D eigenvalue weighted by Gasteiger charge is 2.13. The minimum Gasteiger partial charge on any atom is -0.444 e.